The molecule has 1 saturated heterocycles. The number of ether oxygens (including phenoxy) is 1. The largest absolute Gasteiger partial charge is 0.462 e. The van der Waals surface area contributed by atoms with Crippen LogP contribution in [0.4, 0.5) is 0 Å². The Morgan fingerprint density at radius 2 is 1.75 bits per heavy atom. The Balaban J connectivity index is 1.75. The number of rotatable bonds is 5. The second-order valence-electron chi connectivity index (χ2n) is 5.75. The maximum atomic E-state index is 12.6. The minimum atomic E-state index is -3.47. The summed E-state index contributed by atoms with van der Waals surface area (Å²) in [6, 6.07) is 13.6. The third-order valence-electron chi connectivity index (χ3n) is 4.00. The molecule has 0 saturated carbocycles. The van der Waals surface area contributed by atoms with Gasteiger partial charge in [-0.2, -0.15) is 4.31 Å². The van der Waals surface area contributed by atoms with Crippen molar-refractivity contribution in [3.63, 3.8) is 0 Å². The number of hydrogen-bond donors (Lipinski definition) is 0. The zero-order valence-electron chi connectivity index (χ0n) is 13.6. The second-order valence-corrected chi connectivity index (χ2v) is 7.64. The maximum Gasteiger partial charge on any atom is 0.338 e. The van der Waals surface area contributed by atoms with Gasteiger partial charge in [-0.3, -0.25) is 0 Å². The molecule has 0 aromatic heterocycles. The van der Waals surface area contributed by atoms with Crippen LogP contribution in [0.15, 0.2) is 53.4 Å². The van der Waals surface area contributed by atoms with Crippen molar-refractivity contribution in [1.82, 2.24) is 4.31 Å². The Morgan fingerprint density at radius 1 is 1.12 bits per heavy atom. The molecule has 2 aromatic rings. The topological polar surface area (TPSA) is 63.5 Å². The van der Waals surface area contributed by atoms with Crippen LogP contribution in [0, 0.1) is 6.92 Å². The van der Waals surface area contributed by atoms with Crippen LogP contribution < -0.4 is 0 Å². The van der Waals surface area contributed by atoms with Gasteiger partial charge in [-0.05, 0) is 43.7 Å². The SMILES string of the molecule is CCOC(=O)c1ccc(C2CN2S(=O)(=O)c2ccc(C)cc2)cc1. The molecule has 1 aliphatic heterocycles. The molecule has 1 aliphatic rings. The lowest BCUT2D eigenvalue weighted by Crippen LogP contribution is -2.12. The molecule has 126 valence electrons. The van der Waals surface area contributed by atoms with E-state index in [4.69, 9.17) is 4.74 Å². The Bertz CT molecular complexity index is 842. The summed E-state index contributed by atoms with van der Waals surface area (Å²) in [5.74, 6) is -0.371. The number of benzene rings is 2. The molecule has 1 fully saturated rings. The van der Waals surface area contributed by atoms with Gasteiger partial charge in [0.2, 0.25) is 10.0 Å². The number of nitrogens with zero attached hydrogens (tertiary/aromatic N) is 1. The summed E-state index contributed by atoms with van der Waals surface area (Å²) < 4.78 is 31.6. The van der Waals surface area contributed by atoms with E-state index in [0.29, 0.717) is 23.6 Å². The summed E-state index contributed by atoms with van der Waals surface area (Å²) in [7, 11) is -3.47. The fourth-order valence-corrected chi connectivity index (χ4v) is 4.11. The molecule has 1 heterocycles. The minimum absolute atomic E-state index is 0.174. The number of hydrogen-bond acceptors (Lipinski definition) is 4. The number of carbonyl (C=O) groups is 1. The molecule has 3 rings (SSSR count). The Hall–Kier alpha value is -2.18. The van der Waals surface area contributed by atoms with Crippen LogP contribution in [0.5, 0.6) is 0 Å². The van der Waals surface area contributed by atoms with Gasteiger partial charge < -0.3 is 4.74 Å². The van der Waals surface area contributed by atoms with E-state index in [9.17, 15) is 13.2 Å². The van der Waals surface area contributed by atoms with Gasteiger partial charge in [0, 0.05) is 6.54 Å². The first-order valence-electron chi connectivity index (χ1n) is 7.79. The Kier molecular flexibility index (Phi) is 4.43. The highest BCUT2D eigenvalue weighted by Crippen LogP contribution is 2.40. The fraction of sp³-hybridized carbons (Fsp3) is 0.278. The van der Waals surface area contributed by atoms with Crippen molar-refractivity contribution in [2.75, 3.05) is 13.2 Å². The van der Waals surface area contributed by atoms with Gasteiger partial charge in [0.05, 0.1) is 23.1 Å². The van der Waals surface area contributed by atoms with Gasteiger partial charge in [0.15, 0.2) is 0 Å². The number of carbonyl (C=O) groups excluding carboxylic acids is 1. The highest BCUT2D eigenvalue weighted by Gasteiger charge is 2.45. The number of sulfonamides is 1. The Labute approximate surface area is 141 Å². The van der Waals surface area contributed by atoms with Crippen molar-refractivity contribution in [3.8, 4) is 0 Å². The predicted molar refractivity (Wildman–Crippen MR) is 90.2 cm³/mol. The van der Waals surface area contributed by atoms with Crippen LogP contribution in [0.1, 0.15) is 34.5 Å². The van der Waals surface area contributed by atoms with Crippen LogP contribution in [0.3, 0.4) is 0 Å². The third kappa shape index (κ3) is 3.20. The van der Waals surface area contributed by atoms with E-state index >= 15 is 0 Å². The van der Waals surface area contributed by atoms with E-state index in [1.807, 2.05) is 6.92 Å². The van der Waals surface area contributed by atoms with Gasteiger partial charge in [0.1, 0.15) is 0 Å². The molecule has 2 atom stereocenters. The van der Waals surface area contributed by atoms with Gasteiger partial charge in [0.25, 0.3) is 0 Å². The molecule has 0 spiro atoms. The number of esters is 1. The Morgan fingerprint density at radius 3 is 2.33 bits per heavy atom. The standard InChI is InChI=1S/C18H19NO4S/c1-3-23-18(20)15-8-6-14(7-9-15)17-12-19(17)24(21,22)16-10-4-13(2)5-11-16/h4-11,17H,3,12H2,1-2H3. The van der Waals surface area contributed by atoms with E-state index in [1.165, 1.54) is 4.31 Å². The highest BCUT2D eigenvalue weighted by molar-refractivity contribution is 7.89. The summed E-state index contributed by atoms with van der Waals surface area (Å²) >= 11 is 0. The molecule has 0 aliphatic carbocycles. The van der Waals surface area contributed by atoms with Crippen LogP contribution >= 0.6 is 0 Å². The zero-order valence-corrected chi connectivity index (χ0v) is 14.4. The molecule has 0 N–H and O–H groups in total. The van der Waals surface area contributed by atoms with Crippen molar-refractivity contribution < 1.29 is 17.9 Å². The van der Waals surface area contributed by atoms with Crippen molar-refractivity contribution in [2.24, 2.45) is 0 Å². The van der Waals surface area contributed by atoms with Crippen molar-refractivity contribution in [2.45, 2.75) is 24.8 Å². The van der Waals surface area contributed by atoms with E-state index in [0.717, 1.165) is 11.1 Å². The molecule has 24 heavy (non-hydrogen) atoms. The van der Waals surface area contributed by atoms with Gasteiger partial charge >= 0.3 is 5.97 Å². The average Bonchev–Trinajstić information content (AvgIpc) is 3.37. The van der Waals surface area contributed by atoms with Crippen LogP contribution in [0.25, 0.3) is 0 Å². The van der Waals surface area contributed by atoms with Crippen LogP contribution in [-0.2, 0) is 14.8 Å². The average molecular weight is 345 g/mol. The minimum Gasteiger partial charge on any atom is -0.462 e. The van der Waals surface area contributed by atoms with Crippen molar-refractivity contribution in [3.05, 3.63) is 65.2 Å². The molecule has 0 radical (unpaired) electrons. The highest BCUT2D eigenvalue weighted by atomic mass is 32.2. The lowest BCUT2D eigenvalue weighted by atomic mass is 10.1. The summed E-state index contributed by atoms with van der Waals surface area (Å²) in [5.41, 5.74) is 2.36. The zero-order chi connectivity index (χ0) is 17.3. The molecular formula is C18H19NO4S. The van der Waals surface area contributed by atoms with E-state index in [2.05, 4.69) is 0 Å². The summed E-state index contributed by atoms with van der Waals surface area (Å²) in [6.07, 6.45) is 0. The maximum absolute atomic E-state index is 12.6. The molecule has 2 unspecified atom stereocenters. The van der Waals surface area contributed by atoms with Crippen molar-refractivity contribution >= 4 is 16.0 Å². The normalized spacial score (nSPS) is 19.8. The monoisotopic (exact) mass is 345 g/mol. The lowest BCUT2D eigenvalue weighted by Gasteiger charge is -2.07. The summed E-state index contributed by atoms with van der Waals surface area (Å²) in [4.78, 5) is 12.0. The van der Waals surface area contributed by atoms with Crippen LogP contribution in [0.2, 0.25) is 0 Å². The third-order valence-corrected chi connectivity index (χ3v) is 5.89. The predicted octanol–water partition coefficient (Wildman–Crippen LogP) is 2.92. The van der Waals surface area contributed by atoms with Gasteiger partial charge in [-0.1, -0.05) is 29.8 Å². The summed E-state index contributed by atoms with van der Waals surface area (Å²) in [5, 5.41) is 0. The molecule has 6 heteroatoms. The van der Waals surface area contributed by atoms with E-state index < -0.39 is 10.0 Å². The molecular weight excluding hydrogens is 326 g/mol. The molecule has 5 nitrogen and oxygen atoms in total. The quantitative estimate of drug-likeness (QED) is 0.617. The van der Waals surface area contributed by atoms with Gasteiger partial charge in [-0.25, -0.2) is 13.2 Å². The number of aryl methyl sites for hydroxylation is 1. The van der Waals surface area contributed by atoms with Gasteiger partial charge in [-0.15, -0.1) is 0 Å². The first-order valence-corrected chi connectivity index (χ1v) is 9.23. The molecule has 2 aromatic carbocycles. The smallest absolute Gasteiger partial charge is 0.338 e. The van der Waals surface area contributed by atoms with Crippen molar-refractivity contribution in [1.29, 1.82) is 0 Å². The summed E-state index contributed by atoms with van der Waals surface area (Å²) in [6.45, 7) is 4.45. The van der Waals surface area contributed by atoms with Crippen LogP contribution in [-0.4, -0.2) is 31.8 Å². The molecule has 0 amide bonds. The fourth-order valence-electron chi connectivity index (χ4n) is 2.56. The van der Waals surface area contributed by atoms with E-state index in [1.54, 1.807) is 55.5 Å². The molecule has 0 bridgehead atoms. The first-order chi connectivity index (χ1) is 11.4. The first kappa shape index (κ1) is 16.7. The van der Waals surface area contributed by atoms with E-state index in [-0.39, 0.29) is 12.0 Å². The lowest BCUT2D eigenvalue weighted by molar-refractivity contribution is 0.0526. The second kappa shape index (κ2) is 6.37.